The van der Waals surface area contributed by atoms with Gasteiger partial charge in [-0.05, 0) is 63.8 Å². The predicted octanol–water partition coefficient (Wildman–Crippen LogP) is 3.01. The number of H-pyrrole nitrogens is 1. The third-order valence-electron chi connectivity index (χ3n) is 4.75. The van der Waals surface area contributed by atoms with Gasteiger partial charge in [-0.2, -0.15) is 0 Å². The van der Waals surface area contributed by atoms with Gasteiger partial charge in [0.1, 0.15) is 5.60 Å². The number of aryl methyl sites for hydroxylation is 1. The van der Waals surface area contributed by atoms with Crippen LogP contribution >= 0.6 is 0 Å². The summed E-state index contributed by atoms with van der Waals surface area (Å²) in [6.45, 7) is 5.56. The largest absolute Gasteiger partial charge is 0.444 e. The molecule has 0 aliphatic heterocycles. The van der Waals surface area contributed by atoms with Crippen LogP contribution in [0.5, 0.6) is 0 Å². The molecule has 0 spiro atoms. The van der Waals surface area contributed by atoms with Gasteiger partial charge in [-0.3, -0.25) is 10.0 Å². The quantitative estimate of drug-likeness (QED) is 0.567. The summed E-state index contributed by atoms with van der Waals surface area (Å²) >= 11 is 0. The van der Waals surface area contributed by atoms with Gasteiger partial charge in [0, 0.05) is 35.2 Å². The summed E-state index contributed by atoms with van der Waals surface area (Å²) in [4.78, 5) is 29.1. The molecule has 1 heterocycles. The zero-order valence-corrected chi connectivity index (χ0v) is 15.5. The Morgan fingerprint density at radius 3 is 2.73 bits per heavy atom. The van der Waals surface area contributed by atoms with Crippen LogP contribution in [-0.4, -0.2) is 45.8 Å². The van der Waals surface area contributed by atoms with Gasteiger partial charge in [0.2, 0.25) is 0 Å². The number of carbonyl (C=O) groups is 2. The van der Waals surface area contributed by atoms with E-state index in [1.165, 1.54) is 0 Å². The van der Waals surface area contributed by atoms with Gasteiger partial charge in [0.05, 0.1) is 0 Å². The summed E-state index contributed by atoms with van der Waals surface area (Å²) in [5.41, 5.74) is 4.72. The van der Waals surface area contributed by atoms with Crippen LogP contribution in [0.25, 0.3) is 10.9 Å². The van der Waals surface area contributed by atoms with Crippen LogP contribution < -0.4 is 5.48 Å². The highest BCUT2D eigenvalue weighted by Gasteiger charge is 2.30. The van der Waals surface area contributed by atoms with Gasteiger partial charge in [-0.25, -0.2) is 10.3 Å². The molecule has 2 amide bonds. The SMILES string of the molecule is CN(C(=O)OC(C)(C)C)C1CCc2[nH]c3ccc(C(=O)NO)cc3c2C1. The van der Waals surface area contributed by atoms with E-state index >= 15 is 0 Å². The van der Waals surface area contributed by atoms with Crippen molar-refractivity contribution in [2.24, 2.45) is 0 Å². The zero-order chi connectivity index (χ0) is 19.1. The number of amides is 2. The van der Waals surface area contributed by atoms with Crippen LogP contribution in [0.4, 0.5) is 4.79 Å². The molecule has 0 radical (unpaired) electrons. The Morgan fingerprint density at radius 1 is 1.35 bits per heavy atom. The smallest absolute Gasteiger partial charge is 0.410 e. The van der Waals surface area contributed by atoms with Crippen LogP contribution in [0.3, 0.4) is 0 Å². The Balaban J connectivity index is 1.87. The minimum Gasteiger partial charge on any atom is -0.444 e. The van der Waals surface area contributed by atoms with Crippen molar-refractivity contribution in [3.63, 3.8) is 0 Å². The molecule has 1 aliphatic carbocycles. The van der Waals surface area contributed by atoms with E-state index in [1.54, 1.807) is 29.6 Å². The zero-order valence-electron chi connectivity index (χ0n) is 15.5. The normalized spacial score (nSPS) is 16.9. The molecular weight excluding hydrogens is 334 g/mol. The number of hydroxylamine groups is 1. The molecule has 0 bridgehead atoms. The Hall–Kier alpha value is -2.54. The van der Waals surface area contributed by atoms with Gasteiger partial charge in [0.15, 0.2) is 0 Å². The molecule has 1 aromatic heterocycles. The van der Waals surface area contributed by atoms with Gasteiger partial charge < -0.3 is 14.6 Å². The number of benzene rings is 1. The molecule has 1 unspecified atom stereocenters. The molecule has 1 atom stereocenters. The topological polar surface area (TPSA) is 94.7 Å². The third kappa shape index (κ3) is 3.53. The van der Waals surface area contributed by atoms with E-state index in [0.29, 0.717) is 12.0 Å². The Kier molecular flexibility index (Phi) is 4.66. The van der Waals surface area contributed by atoms with Crippen molar-refractivity contribution < 1.29 is 19.5 Å². The van der Waals surface area contributed by atoms with Gasteiger partial charge in [-0.1, -0.05) is 0 Å². The van der Waals surface area contributed by atoms with Crippen molar-refractivity contribution in [2.75, 3.05) is 7.05 Å². The number of aromatic nitrogens is 1. The minimum atomic E-state index is -0.542. The first kappa shape index (κ1) is 18.3. The number of rotatable bonds is 2. The standard InChI is InChI=1S/C19H25N3O4/c1-19(2,3)26-18(24)22(4)12-6-8-16-14(10-12)13-9-11(17(23)21-25)5-7-15(13)20-16/h5,7,9,12,20,25H,6,8,10H2,1-4H3,(H,21,23). The molecule has 26 heavy (non-hydrogen) atoms. The fourth-order valence-corrected chi connectivity index (χ4v) is 3.42. The average Bonchev–Trinajstić information content (AvgIpc) is 2.95. The van der Waals surface area contributed by atoms with E-state index in [0.717, 1.165) is 35.0 Å². The molecule has 1 aliphatic rings. The summed E-state index contributed by atoms with van der Waals surface area (Å²) < 4.78 is 5.47. The number of likely N-dealkylation sites (N-methyl/N-ethyl adjacent to an activating group) is 1. The second-order valence-corrected chi connectivity index (χ2v) is 7.77. The summed E-state index contributed by atoms with van der Waals surface area (Å²) in [6, 6.07) is 5.31. The fraction of sp³-hybridized carbons (Fsp3) is 0.474. The highest BCUT2D eigenvalue weighted by atomic mass is 16.6. The van der Waals surface area contributed by atoms with E-state index in [9.17, 15) is 9.59 Å². The first-order valence-electron chi connectivity index (χ1n) is 8.73. The summed E-state index contributed by atoms with van der Waals surface area (Å²) in [5.74, 6) is -0.542. The second-order valence-electron chi connectivity index (χ2n) is 7.77. The number of aromatic amines is 1. The molecule has 0 saturated carbocycles. The molecule has 140 valence electrons. The molecule has 0 fully saturated rings. The maximum absolute atomic E-state index is 12.4. The van der Waals surface area contributed by atoms with Crippen LogP contribution in [0.1, 0.15) is 48.8 Å². The highest BCUT2D eigenvalue weighted by molar-refractivity contribution is 5.98. The average molecular weight is 359 g/mol. The molecule has 1 aromatic carbocycles. The molecule has 3 N–H and O–H groups in total. The highest BCUT2D eigenvalue weighted by Crippen LogP contribution is 2.31. The lowest BCUT2D eigenvalue weighted by Gasteiger charge is -2.33. The lowest BCUT2D eigenvalue weighted by molar-refractivity contribution is 0.0210. The second kappa shape index (κ2) is 6.64. The van der Waals surface area contributed by atoms with Gasteiger partial charge in [-0.15, -0.1) is 0 Å². The minimum absolute atomic E-state index is 0.0340. The number of ether oxygens (including phenoxy) is 1. The number of carbonyl (C=O) groups excluding carboxylic acids is 2. The van der Waals surface area contributed by atoms with Gasteiger partial charge >= 0.3 is 6.09 Å². The van der Waals surface area contributed by atoms with Crippen molar-refractivity contribution >= 4 is 22.9 Å². The van der Waals surface area contributed by atoms with E-state index < -0.39 is 11.5 Å². The summed E-state index contributed by atoms with van der Waals surface area (Å²) in [5, 5.41) is 9.80. The van der Waals surface area contributed by atoms with Crippen molar-refractivity contribution in [3.8, 4) is 0 Å². The van der Waals surface area contributed by atoms with E-state index in [1.807, 2.05) is 26.8 Å². The fourth-order valence-electron chi connectivity index (χ4n) is 3.42. The first-order valence-corrected chi connectivity index (χ1v) is 8.73. The Morgan fingerprint density at radius 2 is 2.08 bits per heavy atom. The van der Waals surface area contributed by atoms with Crippen molar-refractivity contribution in [2.45, 2.75) is 51.7 Å². The van der Waals surface area contributed by atoms with E-state index in [4.69, 9.17) is 9.94 Å². The molecule has 0 saturated heterocycles. The predicted molar refractivity (Wildman–Crippen MR) is 97.4 cm³/mol. The summed E-state index contributed by atoms with van der Waals surface area (Å²) in [7, 11) is 1.77. The monoisotopic (exact) mass is 359 g/mol. The molecular formula is C19H25N3O4. The summed E-state index contributed by atoms with van der Waals surface area (Å²) in [6.07, 6.45) is 2.03. The molecule has 3 rings (SSSR count). The number of hydrogen-bond donors (Lipinski definition) is 3. The lowest BCUT2D eigenvalue weighted by atomic mass is 9.90. The van der Waals surface area contributed by atoms with Crippen molar-refractivity contribution in [1.29, 1.82) is 0 Å². The number of hydrogen-bond acceptors (Lipinski definition) is 4. The number of nitrogens with zero attached hydrogens (tertiary/aromatic N) is 1. The Labute approximate surface area is 152 Å². The van der Waals surface area contributed by atoms with Crippen LogP contribution in [0, 0.1) is 0 Å². The number of nitrogens with one attached hydrogen (secondary N) is 2. The van der Waals surface area contributed by atoms with E-state index in [-0.39, 0.29) is 12.1 Å². The maximum atomic E-state index is 12.4. The van der Waals surface area contributed by atoms with Crippen molar-refractivity contribution in [1.82, 2.24) is 15.4 Å². The Bertz CT molecular complexity index is 850. The lowest BCUT2D eigenvalue weighted by Crippen LogP contribution is -2.43. The first-order chi connectivity index (χ1) is 12.2. The maximum Gasteiger partial charge on any atom is 0.410 e. The van der Waals surface area contributed by atoms with Crippen LogP contribution in [-0.2, 0) is 17.6 Å². The number of fused-ring (bicyclic) bond motifs is 3. The molecule has 7 nitrogen and oxygen atoms in total. The molecule has 7 heteroatoms. The molecule has 2 aromatic rings. The van der Waals surface area contributed by atoms with Crippen LogP contribution in [0.2, 0.25) is 0 Å². The van der Waals surface area contributed by atoms with E-state index in [2.05, 4.69) is 4.98 Å². The van der Waals surface area contributed by atoms with Gasteiger partial charge in [0.25, 0.3) is 5.91 Å². The van der Waals surface area contributed by atoms with Crippen molar-refractivity contribution in [3.05, 3.63) is 35.0 Å². The van der Waals surface area contributed by atoms with Crippen LogP contribution in [0.15, 0.2) is 18.2 Å². The third-order valence-corrected chi connectivity index (χ3v) is 4.75.